The first-order chi connectivity index (χ1) is 12.5. The second-order valence-electron chi connectivity index (χ2n) is 7.15. The van der Waals surface area contributed by atoms with Crippen molar-refractivity contribution in [1.29, 1.82) is 0 Å². The van der Waals surface area contributed by atoms with Crippen molar-refractivity contribution in [3.63, 3.8) is 0 Å². The molecule has 0 aliphatic carbocycles. The number of aromatic nitrogens is 1. The Morgan fingerprint density at radius 2 is 1.69 bits per heavy atom. The third-order valence-corrected chi connectivity index (χ3v) is 4.97. The highest BCUT2D eigenvalue weighted by atomic mass is 15.0. The fourth-order valence-electron chi connectivity index (χ4n) is 3.43. The molecular weight excluding hydrogens is 316 g/mol. The van der Waals surface area contributed by atoms with Crippen LogP contribution in [0.1, 0.15) is 54.8 Å². The number of aliphatic imine (C=N–C) groups is 1. The lowest BCUT2D eigenvalue weighted by Crippen LogP contribution is -1.99. The van der Waals surface area contributed by atoms with Gasteiger partial charge in [-0.25, -0.2) is 0 Å². The van der Waals surface area contributed by atoms with Crippen LogP contribution in [0.4, 0.5) is 5.69 Å². The highest BCUT2D eigenvalue weighted by Gasteiger charge is 2.10. The van der Waals surface area contributed by atoms with E-state index in [9.17, 15) is 0 Å². The van der Waals surface area contributed by atoms with Gasteiger partial charge in [-0.15, -0.1) is 0 Å². The smallest absolute Gasteiger partial charge is 0.0664 e. The van der Waals surface area contributed by atoms with Crippen LogP contribution in [0.2, 0.25) is 0 Å². The zero-order chi connectivity index (χ0) is 18.7. The first-order valence-electron chi connectivity index (χ1n) is 9.42. The molecule has 2 aromatic carbocycles. The summed E-state index contributed by atoms with van der Waals surface area (Å²) in [5.74, 6) is 0.466. The maximum atomic E-state index is 4.80. The molecule has 3 rings (SSSR count). The Hall–Kier alpha value is -2.61. The van der Waals surface area contributed by atoms with Crippen molar-refractivity contribution in [3.05, 3.63) is 82.7 Å². The van der Waals surface area contributed by atoms with Crippen LogP contribution in [0.3, 0.4) is 0 Å². The molecular formula is C24H28N2. The quantitative estimate of drug-likeness (QED) is 0.468. The number of aryl methyl sites for hydroxylation is 2. The summed E-state index contributed by atoms with van der Waals surface area (Å²) in [6.45, 7) is 10.9. The summed E-state index contributed by atoms with van der Waals surface area (Å²) < 4.78 is 2.30. The van der Waals surface area contributed by atoms with Crippen LogP contribution in [-0.2, 0) is 6.42 Å². The Morgan fingerprint density at radius 3 is 2.35 bits per heavy atom. The summed E-state index contributed by atoms with van der Waals surface area (Å²) in [6.07, 6.45) is 3.07. The van der Waals surface area contributed by atoms with Gasteiger partial charge in [-0.05, 0) is 61.6 Å². The molecule has 0 unspecified atom stereocenters. The highest BCUT2D eigenvalue weighted by Crippen LogP contribution is 2.27. The number of rotatable bonds is 5. The number of hydrogen-bond donors (Lipinski definition) is 0. The monoisotopic (exact) mass is 344 g/mol. The molecule has 0 aliphatic rings. The Kier molecular flexibility index (Phi) is 5.41. The van der Waals surface area contributed by atoms with Crippen LogP contribution < -0.4 is 0 Å². The maximum absolute atomic E-state index is 4.80. The molecule has 0 bridgehead atoms. The third-order valence-electron chi connectivity index (χ3n) is 4.97. The zero-order valence-corrected chi connectivity index (χ0v) is 16.5. The van der Waals surface area contributed by atoms with Crippen molar-refractivity contribution >= 4 is 11.9 Å². The topological polar surface area (TPSA) is 17.3 Å². The van der Waals surface area contributed by atoms with Gasteiger partial charge in [0.25, 0.3) is 0 Å². The summed E-state index contributed by atoms with van der Waals surface area (Å²) in [4.78, 5) is 4.80. The molecule has 0 atom stereocenters. The molecule has 0 amide bonds. The van der Waals surface area contributed by atoms with Gasteiger partial charge >= 0.3 is 0 Å². The molecule has 3 aromatic rings. The SMILES string of the molecule is CCc1ccc(-n2c(C)cc(C=Nc3ccccc3C(C)C)c2C)cc1. The van der Waals surface area contributed by atoms with E-state index in [1.54, 1.807) is 0 Å². The van der Waals surface area contributed by atoms with Crippen LogP contribution in [0, 0.1) is 13.8 Å². The predicted molar refractivity (Wildman–Crippen MR) is 112 cm³/mol. The van der Waals surface area contributed by atoms with Crippen LogP contribution >= 0.6 is 0 Å². The van der Waals surface area contributed by atoms with Gasteiger partial charge in [0.1, 0.15) is 0 Å². The summed E-state index contributed by atoms with van der Waals surface area (Å²) in [6, 6.07) is 19.4. The lowest BCUT2D eigenvalue weighted by atomic mass is 10.0. The Labute approximate surface area is 157 Å². The highest BCUT2D eigenvalue weighted by molar-refractivity contribution is 5.84. The molecule has 0 saturated carbocycles. The molecule has 0 aliphatic heterocycles. The summed E-state index contributed by atoms with van der Waals surface area (Å²) in [7, 11) is 0. The van der Waals surface area contributed by atoms with Gasteiger partial charge in [0, 0.05) is 28.9 Å². The van der Waals surface area contributed by atoms with Crippen molar-refractivity contribution < 1.29 is 0 Å². The zero-order valence-electron chi connectivity index (χ0n) is 16.5. The van der Waals surface area contributed by atoms with E-state index in [4.69, 9.17) is 4.99 Å². The van der Waals surface area contributed by atoms with Crippen molar-refractivity contribution in [2.24, 2.45) is 4.99 Å². The van der Waals surface area contributed by atoms with Crippen molar-refractivity contribution in [2.75, 3.05) is 0 Å². The van der Waals surface area contributed by atoms with Gasteiger partial charge in [-0.1, -0.05) is 51.1 Å². The molecule has 1 aromatic heterocycles. The summed E-state index contributed by atoms with van der Waals surface area (Å²) in [5.41, 5.74) is 8.53. The maximum Gasteiger partial charge on any atom is 0.0664 e. The number of benzene rings is 2. The first kappa shape index (κ1) is 18.2. The van der Waals surface area contributed by atoms with Gasteiger partial charge in [-0.2, -0.15) is 0 Å². The van der Waals surface area contributed by atoms with E-state index < -0.39 is 0 Å². The molecule has 2 heteroatoms. The average Bonchev–Trinajstić information content (AvgIpc) is 2.93. The van der Waals surface area contributed by atoms with E-state index in [1.807, 2.05) is 6.21 Å². The van der Waals surface area contributed by atoms with Gasteiger partial charge < -0.3 is 4.57 Å². The molecule has 2 nitrogen and oxygen atoms in total. The second-order valence-corrected chi connectivity index (χ2v) is 7.15. The largest absolute Gasteiger partial charge is 0.318 e. The number of hydrogen-bond acceptors (Lipinski definition) is 1. The van der Waals surface area contributed by atoms with Gasteiger partial charge in [0.15, 0.2) is 0 Å². The normalized spacial score (nSPS) is 11.6. The van der Waals surface area contributed by atoms with Gasteiger partial charge in [0.2, 0.25) is 0 Å². The molecule has 0 saturated heterocycles. The van der Waals surface area contributed by atoms with E-state index >= 15 is 0 Å². The predicted octanol–water partition coefficient (Wildman–Crippen LogP) is 6.53. The number of nitrogens with zero attached hydrogens (tertiary/aromatic N) is 2. The standard InChI is InChI=1S/C24H28N2/c1-6-20-11-13-22(14-12-20)26-18(4)15-21(19(26)5)16-25-24-10-8-7-9-23(24)17(2)3/h7-17H,6H2,1-5H3. The van der Waals surface area contributed by atoms with Crippen LogP contribution in [-0.4, -0.2) is 10.8 Å². The Morgan fingerprint density at radius 1 is 1.00 bits per heavy atom. The Bertz CT molecular complexity index is 912. The van der Waals surface area contributed by atoms with Crippen molar-refractivity contribution in [2.45, 2.75) is 47.0 Å². The second kappa shape index (κ2) is 7.74. The van der Waals surface area contributed by atoms with Crippen LogP contribution in [0.5, 0.6) is 0 Å². The van der Waals surface area contributed by atoms with Crippen LogP contribution in [0.25, 0.3) is 5.69 Å². The molecule has 134 valence electrons. The molecule has 0 radical (unpaired) electrons. The van der Waals surface area contributed by atoms with E-state index in [0.717, 1.165) is 12.1 Å². The summed E-state index contributed by atoms with van der Waals surface area (Å²) >= 11 is 0. The molecule has 0 spiro atoms. The Balaban J connectivity index is 1.95. The van der Waals surface area contributed by atoms with Crippen LogP contribution in [0.15, 0.2) is 59.6 Å². The fourth-order valence-corrected chi connectivity index (χ4v) is 3.43. The van der Waals surface area contributed by atoms with Gasteiger partial charge in [0.05, 0.1) is 5.69 Å². The molecule has 26 heavy (non-hydrogen) atoms. The van der Waals surface area contributed by atoms with E-state index in [2.05, 4.69) is 93.8 Å². The first-order valence-corrected chi connectivity index (χ1v) is 9.42. The fraction of sp³-hybridized carbons (Fsp3) is 0.292. The molecule has 0 N–H and O–H groups in total. The lowest BCUT2D eigenvalue weighted by molar-refractivity contribution is 0.867. The van der Waals surface area contributed by atoms with E-state index in [-0.39, 0.29) is 0 Å². The van der Waals surface area contributed by atoms with Gasteiger partial charge in [-0.3, -0.25) is 4.99 Å². The summed E-state index contributed by atoms with van der Waals surface area (Å²) in [5, 5.41) is 0. The average molecular weight is 345 g/mol. The third kappa shape index (κ3) is 3.65. The molecule has 1 heterocycles. The minimum atomic E-state index is 0.466. The van der Waals surface area contributed by atoms with E-state index in [0.29, 0.717) is 5.92 Å². The minimum absolute atomic E-state index is 0.466. The number of para-hydroxylation sites is 1. The van der Waals surface area contributed by atoms with E-state index in [1.165, 1.54) is 33.8 Å². The molecule has 0 fully saturated rings. The van der Waals surface area contributed by atoms with Crippen molar-refractivity contribution in [3.8, 4) is 5.69 Å². The van der Waals surface area contributed by atoms with Crippen molar-refractivity contribution in [1.82, 2.24) is 4.57 Å². The minimum Gasteiger partial charge on any atom is -0.318 e. The lowest BCUT2D eigenvalue weighted by Gasteiger charge is -2.10.